The number of amides is 1. The van der Waals surface area contributed by atoms with E-state index in [9.17, 15) is 4.79 Å². The molecule has 1 N–H and O–H groups in total. The highest BCUT2D eigenvalue weighted by molar-refractivity contribution is 5.96. The summed E-state index contributed by atoms with van der Waals surface area (Å²) in [6.45, 7) is 4.57. The van der Waals surface area contributed by atoms with E-state index in [0.29, 0.717) is 13.2 Å². The first-order valence-corrected chi connectivity index (χ1v) is 6.06. The average molecular weight is 234 g/mol. The number of fused-ring (bicyclic) bond motifs is 1. The molecule has 4 nitrogen and oxygen atoms in total. The first kappa shape index (κ1) is 11.9. The maximum atomic E-state index is 12.1. The summed E-state index contributed by atoms with van der Waals surface area (Å²) in [5.41, 5.74) is 0.882. The van der Waals surface area contributed by atoms with Gasteiger partial charge in [0.15, 0.2) is 0 Å². The van der Waals surface area contributed by atoms with Crippen molar-refractivity contribution in [3.05, 3.63) is 24.3 Å². The van der Waals surface area contributed by atoms with Crippen LogP contribution in [0.4, 0.5) is 5.69 Å². The van der Waals surface area contributed by atoms with E-state index in [1.807, 2.05) is 36.1 Å². The summed E-state index contributed by atoms with van der Waals surface area (Å²) < 4.78 is 5.62. The molecule has 0 radical (unpaired) electrons. The fraction of sp³-hybridized carbons (Fsp3) is 0.462. The van der Waals surface area contributed by atoms with Gasteiger partial charge in [-0.05, 0) is 25.1 Å². The van der Waals surface area contributed by atoms with Crippen molar-refractivity contribution in [2.45, 2.75) is 13.3 Å². The minimum absolute atomic E-state index is 0.102. The van der Waals surface area contributed by atoms with Gasteiger partial charge < -0.3 is 15.0 Å². The number of carbonyl (C=O) groups excluding carboxylic acids is 1. The SMILES string of the molecule is CCNCC(=O)N1CCCOc2ccccc21. The van der Waals surface area contributed by atoms with E-state index in [2.05, 4.69) is 5.32 Å². The average Bonchev–Trinajstić information content (AvgIpc) is 2.58. The fourth-order valence-corrected chi connectivity index (χ4v) is 1.91. The Morgan fingerprint density at radius 2 is 2.29 bits per heavy atom. The number of anilines is 1. The molecule has 1 amide bonds. The predicted molar refractivity (Wildman–Crippen MR) is 67.5 cm³/mol. The maximum Gasteiger partial charge on any atom is 0.241 e. The van der Waals surface area contributed by atoms with Gasteiger partial charge in [-0.15, -0.1) is 0 Å². The molecule has 0 spiro atoms. The summed E-state index contributed by atoms with van der Waals surface area (Å²) in [6.07, 6.45) is 0.868. The molecule has 1 aromatic rings. The van der Waals surface area contributed by atoms with Crippen LogP contribution in [0.25, 0.3) is 0 Å². The summed E-state index contributed by atoms with van der Waals surface area (Å²) in [4.78, 5) is 13.9. The van der Waals surface area contributed by atoms with E-state index in [0.717, 1.165) is 30.9 Å². The highest BCUT2D eigenvalue weighted by Gasteiger charge is 2.20. The predicted octanol–water partition coefficient (Wildman–Crippen LogP) is 1.41. The van der Waals surface area contributed by atoms with Crippen LogP contribution in [0.15, 0.2) is 24.3 Å². The van der Waals surface area contributed by atoms with Gasteiger partial charge >= 0.3 is 0 Å². The molecule has 1 aliphatic rings. The highest BCUT2D eigenvalue weighted by Crippen LogP contribution is 2.30. The van der Waals surface area contributed by atoms with Crippen LogP contribution in [0.3, 0.4) is 0 Å². The smallest absolute Gasteiger partial charge is 0.241 e. The van der Waals surface area contributed by atoms with E-state index >= 15 is 0 Å². The third-order valence-electron chi connectivity index (χ3n) is 2.77. The molecular weight excluding hydrogens is 216 g/mol. The second-order valence-electron chi connectivity index (χ2n) is 4.00. The number of hydrogen-bond donors (Lipinski definition) is 1. The number of rotatable bonds is 3. The largest absolute Gasteiger partial charge is 0.491 e. The highest BCUT2D eigenvalue weighted by atomic mass is 16.5. The van der Waals surface area contributed by atoms with Gasteiger partial charge in [-0.2, -0.15) is 0 Å². The van der Waals surface area contributed by atoms with E-state index in [1.165, 1.54) is 0 Å². The molecule has 0 atom stereocenters. The summed E-state index contributed by atoms with van der Waals surface area (Å²) in [7, 11) is 0. The summed E-state index contributed by atoms with van der Waals surface area (Å²) in [5.74, 6) is 0.902. The first-order chi connectivity index (χ1) is 8.33. The fourth-order valence-electron chi connectivity index (χ4n) is 1.91. The molecular formula is C13H18N2O2. The van der Waals surface area contributed by atoms with E-state index in [-0.39, 0.29) is 5.91 Å². The lowest BCUT2D eigenvalue weighted by molar-refractivity contribution is -0.117. The Labute approximate surface area is 102 Å². The topological polar surface area (TPSA) is 41.6 Å². The monoisotopic (exact) mass is 234 g/mol. The summed E-state index contributed by atoms with van der Waals surface area (Å²) in [5, 5.41) is 3.06. The zero-order chi connectivity index (χ0) is 12.1. The Hall–Kier alpha value is -1.55. The van der Waals surface area contributed by atoms with Gasteiger partial charge in [0.2, 0.25) is 5.91 Å². The number of benzene rings is 1. The number of nitrogens with one attached hydrogen (secondary N) is 1. The Morgan fingerprint density at radius 3 is 3.12 bits per heavy atom. The van der Waals surface area contributed by atoms with Gasteiger partial charge in [-0.1, -0.05) is 19.1 Å². The number of ether oxygens (including phenoxy) is 1. The van der Waals surface area contributed by atoms with Crippen LogP contribution >= 0.6 is 0 Å². The molecule has 0 aliphatic carbocycles. The Balaban J connectivity index is 2.19. The third-order valence-corrected chi connectivity index (χ3v) is 2.77. The van der Waals surface area contributed by atoms with E-state index < -0.39 is 0 Å². The Morgan fingerprint density at radius 1 is 1.47 bits per heavy atom. The molecule has 0 unspecified atom stereocenters. The van der Waals surface area contributed by atoms with Gasteiger partial charge in [0.25, 0.3) is 0 Å². The molecule has 1 heterocycles. The molecule has 0 bridgehead atoms. The summed E-state index contributed by atoms with van der Waals surface area (Å²) in [6, 6.07) is 7.71. The van der Waals surface area contributed by atoms with Crippen molar-refractivity contribution in [3.63, 3.8) is 0 Å². The minimum Gasteiger partial charge on any atom is -0.491 e. The van der Waals surface area contributed by atoms with Gasteiger partial charge in [0, 0.05) is 6.54 Å². The van der Waals surface area contributed by atoms with Gasteiger partial charge in [0.05, 0.1) is 18.8 Å². The normalized spacial score (nSPS) is 14.8. The standard InChI is InChI=1S/C13H18N2O2/c1-2-14-10-13(16)15-8-5-9-17-12-7-4-3-6-11(12)15/h3-4,6-7,14H,2,5,8-10H2,1H3. The van der Waals surface area contributed by atoms with Crippen LogP contribution in [0.2, 0.25) is 0 Å². The molecule has 0 aromatic heterocycles. The minimum atomic E-state index is 0.102. The van der Waals surface area contributed by atoms with Crippen LogP contribution in [-0.4, -0.2) is 32.1 Å². The van der Waals surface area contributed by atoms with E-state index in [1.54, 1.807) is 0 Å². The number of hydrogen-bond acceptors (Lipinski definition) is 3. The Kier molecular flexibility index (Phi) is 3.98. The second kappa shape index (κ2) is 5.68. The van der Waals surface area contributed by atoms with Crippen molar-refractivity contribution in [2.24, 2.45) is 0 Å². The number of nitrogens with zero attached hydrogens (tertiary/aromatic N) is 1. The van der Waals surface area contributed by atoms with Crippen molar-refractivity contribution in [1.29, 1.82) is 0 Å². The number of para-hydroxylation sites is 2. The lowest BCUT2D eigenvalue weighted by Gasteiger charge is -2.21. The van der Waals surface area contributed by atoms with Gasteiger partial charge in [-0.3, -0.25) is 4.79 Å². The molecule has 4 heteroatoms. The van der Waals surface area contributed by atoms with Crippen LogP contribution in [-0.2, 0) is 4.79 Å². The molecule has 0 saturated heterocycles. The van der Waals surface area contributed by atoms with Crippen molar-refractivity contribution >= 4 is 11.6 Å². The van der Waals surface area contributed by atoms with Crippen LogP contribution in [0.1, 0.15) is 13.3 Å². The van der Waals surface area contributed by atoms with Crippen LogP contribution in [0, 0.1) is 0 Å². The molecule has 92 valence electrons. The quantitative estimate of drug-likeness (QED) is 0.859. The molecule has 1 aromatic carbocycles. The number of carbonyl (C=O) groups is 1. The molecule has 17 heavy (non-hydrogen) atoms. The van der Waals surface area contributed by atoms with Crippen molar-refractivity contribution in [1.82, 2.24) is 5.32 Å². The number of likely N-dealkylation sites (N-methyl/N-ethyl adjacent to an activating group) is 1. The van der Waals surface area contributed by atoms with Crippen molar-refractivity contribution in [2.75, 3.05) is 31.1 Å². The Bertz CT molecular complexity index is 393. The van der Waals surface area contributed by atoms with Crippen molar-refractivity contribution in [3.8, 4) is 5.75 Å². The molecule has 0 fully saturated rings. The first-order valence-electron chi connectivity index (χ1n) is 6.06. The lowest BCUT2D eigenvalue weighted by atomic mass is 10.2. The molecule has 0 saturated carbocycles. The summed E-state index contributed by atoms with van der Waals surface area (Å²) >= 11 is 0. The third kappa shape index (κ3) is 2.77. The van der Waals surface area contributed by atoms with Gasteiger partial charge in [-0.25, -0.2) is 0 Å². The van der Waals surface area contributed by atoms with Crippen molar-refractivity contribution < 1.29 is 9.53 Å². The van der Waals surface area contributed by atoms with Crippen LogP contribution < -0.4 is 15.0 Å². The zero-order valence-electron chi connectivity index (χ0n) is 10.1. The van der Waals surface area contributed by atoms with E-state index in [4.69, 9.17) is 4.74 Å². The molecule has 1 aliphatic heterocycles. The van der Waals surface area contributed by atoms with Gasteiger partial charge in [0.1, 0.15) is 5.75 Å². The molecule has 2 rings (SSSR count). The zero-order valence-corrected chi connectivity index (χ0v) is 10.1. The van der Waals surface area contributed by atoms with Crippen LogP contribution in [0.5, 0.6) is 5.75 Å². The second-order valence-corrected chi connectivity index (χ2v) is 4.00. The lowest BCUT2D eigenvalue weighted by Crippen LogP contribution is -2.38. The maximum absolute atomic E-state index is 12.1.